The third kappa shape index (κ3) is 3.75. The molecule has 6 nitrogen and oxygen atoms in total. The van der Waals surface area contributed by atoms with E-state index in [-0.39, 0.29) is 5.91 Å². The number of carboxylic acid groups (broad SMARTS) is 1. The maximum Gasteiger partial charge on any atom is 0.329 e. The highest BCUT2D eigenvalue weighted by Crippen LogP contribution is 2.32. The Hall–Kier alpha value is -2.37. The molecule has 0 saturated heterocycles. The number of carboxylic acids is 1. The fraction of sp³-hybridized carbons (Fsp3) is 0.500. The molecule has 0 radical (unpaired) electrons. The summed E-state index contributed by atoms with van der Waals surface area (Å²) < 4.78 is 0. The van der Waals surface area contributed by atoms with E-state index in [2.05, 4.69) is 12.2 Å². The van der Waals surface area contributed by atoms with E-state index in [0.29, 0.717) is 29.9 Å². The van der Waals surface area contributed by atoms with E-state index in [0.717, 1.165) is 12.8 Å². The first kappa shape index (κ1) is 18.0. The molecule has 1 fully saturated rings. The zero-order valence-electron chi connectivity index (χ0n) is 14.3. The normalized spacial score (nSPS) is 23.4. The second kappa shape index (κ2) is 7.03. The predicted molar refractivity (Wildman–Crippen MR) is 89.9 cm³/mol. The van der Waals surface area contributed by atoms with Crippen molar-refractivity contribution in [2.24, 2.45) is 5.92 Å². The number of nitrogens with zero attached hydrogens (tertiary/aromatic N) is 1. The maximum atomic E-state index is 12.5. The number of hydrogen-bond donors (Lipinski definition) is 2. The molecular weight excluding hydrogens is 308 g/mol. The van der Waals surface area contributed by atoms with E-state index in [4.69, 9.17) is 0 Å². The van der Waals surface area contributed by atoms with Gasteiger partial charge in [0.2, 0.25) is 0 Å². The molecule has 2 amide bonds. The van der Waals surface area contributed by atoms with Crippen molar-refractivity contribution in [3.8, 4) is 0 Å². The number of carbonyl (C=O) groups excluding carboxylic acids is 2. The molecule has 1 aliphatic rings. The lowest BCUT2D eigenvalue weighted by Gasteiger charge is -2.36. The third-order valence-corrected chi connectivity index (χ3v) is 4.67. The first-order chi connectivity index (χ1) is 11.2. The minimum absolute atomic E-state index is 0.205. The molecule has 6 heteroatoms. The minimum Gasteiger partial charge on any atom is -0.480 e. The number of aliphatic carboxylic acids is 1. The van der Waals surface area contributed by atoms with Gasteiger partial charge >= 0.3 is 5.97 Å². The Balaban J connectivity index is 2.21. The summed E-state index contributed by atoms with van der Waals surface area (Å²) in [7, 11) is 3.27. The average molecular weight is 332 g/mol. The Morgan fingerprint density at radius 2 is 1.75 bits per heavy atom. The van der Waals surface area contributed by atoms with Gasteiger partial charge in [0.15, 0.2) is 0 Å². The second-order valence-corrected chi connectivity index (χ2v) is 6.80. The van der Waals surface area contributed by atoms with Gasteiger partial charge in [-0.3, -0.25) is 9.59 Å². The molecular formula is C18H24N2O4. The molecule has 2 N–H and O–H groups in total. The van der Waals surface area contributed by atoms with Crippen molar-refractivity contribution < 1.29 is 19.5 Å². The first-order valence-electron chi connectivity index (χ1n) is 8.13. The number of amides is 2. The van der Waals surface area contributed by atoms with Crippen molar-refractivity contribution >= 4 is 17.8 Å². The standard InChI is InChI=1S/C18H24N2O4/c1-12-7-9-18(10-8-12,17(23)24)19-15(21)13-5-4-6-14(11-13)16(22)20(2)3/h4-6,11-12H,7-10H2,1-3H3,(H,19,21)(H,23,24). The molecule has 2 rings (SSSR count). The smallest absolute Gasteiger partial charge is 0.329 e. The summed E-state index contributed by atoms with van der Waals surface area (Å²) >= 11 is 0. The lowest BCUT2D eigenvalue weighted by molar-refractivity contribution is -0.146. The lowest BCUT2D eigenvalue weighted by atomic mass is 9.77. The highest BCUT2D eigenvalue weighted by atomic mass is 16.4. The van der Waals surface area contributed by atoms with E-state index in [1.165, 1.54) is 11.0 Å². The summed E-state index contributed by atoms with van der Waals surface area (Å²) in [5.74, 6) is -1.19. The number of benzene rings is 1. The van der Waals surface area contributed by atoms with Gasteiger partial charge in [0, 0.05) is 25.2 Å². The van der Waals surface area contributed by atoms with Gasteiger partial charge in [0.1, 0.15) is 5.54 Å². The fourth-order valence-electron chi connectivity index (χ4n) is 2.99. The largest absolute Gasteiger partial charge is 0.480 e. The number of rotatable bonds is 4. The number of nitrogens with one attached hydrogen (secondary N) is 1. The van der Waals surface area contributed by atoms with E-state index in [9.17, 15) is 19.5 Å². The van der Waals surface area contributed by atoms with E-state index in [1.807, 2.05) is 0 Å². The monoisotopic (exact) mass is 332 g/mol. The van der Waals surface area contributed by atoms with Gasteiger partial charge in [0.05, 0.1) is 0 Å². The van der Waals surface area contributed by atoms with Crippen LogP contribution in [0.1, 0.15) is 53.3 Å². The lowest BCUT2D eigenvalue weighted by Crippen LogP contribution is -2.56. The Morgan fingerprint density at radius 3 is 2.29 bits per heavy atom. The topological polar surface area (TPSA) is 86.7 Å². The fourth-order valence-corrected chi connectivity index (χ4v) is 2.99. The van der Waals surface area contributed by atoms with E-state index >= 15 is 0 Å². The summed E-state index contributed by atoms with van der Waals surface area (Å²) in [5.41, 5.74) is -0.526. The van der Waals surface area contributed by atoms with Crippen LogP contribution in [0.4, 0.5) is 0 Å². The molecule has 1 saturated carbocycles. The van der Waals surface area contributed by atoms with E-state index < -0.39 is 17.4 Å². The van der Waals surface area contributed by atoms with Gasteiger partial charge in [-0.1, -0.05) is 13.0 Å². The van der Waals surface area contributed by atoms with Crippen LogP contribution in [0.15, 0.2) is 24.3 Å². The van der Waals surface area contributed by atoms with Crippen LogP contribution in [-0.4, -0.2) is 47.4 Å². The molecule has 24 heavy (non-hydrogen) atoms. The molecule has 1 aliphatic carbocycles. The van der Waals surface area contributed by atoms with Crippen molar-refractivity contribution in [3.63, 3.8) is 0 Å². The molecule has 1 aromatic carbocycles. The molecule has 0 bridgehead atoms. The zero-order chi connectivity index (χ0) is 17.9. The van der Waals surface area contributed by atoms with Crippen molar-refractivity contribution in [3.05, 3.63) is 35.4 Å². The van der Waals surface area contributed by atoms with Gasteiger partial charge in [-0.25, -0.2) is 4.79 Å². The van der Waals surface area contributed by atoms with Crippen molar-refractivity contribution in [1.82, 2.24) is 10.2 Å². The van der Waals surface area contributed by atoms with Gasteiger partial charge in [-0.15, -0.1) is 0 Å². The van der Waals surface area contributed by atoms with Crippen molar-refractivity contribution in [2.45, 2.75) is 38.1 Å². The van der Waals surface area contributed by atoms with Crippen LogP contribution in [0.25, 0.3) is 0 Å². The predicted octanol–water partition coefficient (Wildman–Crippen LogP) is 2.15. The molecule has 0 spiro atoms. The maximum absolute atomic E-state index is 12.5. The Bertz CT molecular complexity index is 646. The molecule has 0 heterocycles. The quantitative estimate of drug-likeness (QED) is 0.884. The third-order valence-electron chi connectivity index (χ3n) is 4.67. The summed E-state index contributed by atoms with van der Waals surface area (Å²) in [5, 5.41) is 12.3. The van der Waals surface area contributed by atoms with Gasteiger partial charge in [0.25, 0.3) is 11.8 Å². The molecule has 1 aromatic rings. The minimum atomic E-state index is -1.22. The van der Waals surface area contributed by atoms with E-state index in [1.54, 1.807) is 32.3 Å². The van der Waals surface area contributed by atoms with Gasteiger partial charge in [-0.2, -0.15) is 0 Å². The van der Waals surface area contributed by atoms with Crippen molar-refractivity contribution in [1.29, 1.82) is 0 Å². The molecule has 0 unspecified atom stereocenters. The first-order valence-corrected chi connectivity index (χ1v) is 8.13. The molecule has 130 valence electrons. The average Bonchev–Trinajstić information content (AvgIpc) is 2.56. The van der Waals surface area contributed by atoms with Crippen LogP contribution in [0.2, 0.25) is 0 Å². The molecule has 0 atom stereocenters. The summed E-state index contributed by atoms with van der Waals surface area (Å²) in [6, 6.07) is 6.35. The van der Waals surface area contributed by atoms with Gasteiger partial charge < -0.3 is 15.3 Å². The highest BCUT2D eigenvalue weighted by molar-refractivity contribution is 6.01. The van der Waals surface area contributed by atoms with Crippen LogP contribution in [0.5, 0.6) is 0 Å². The van der Waals surface area contributed by atoms with Gasteiger partial charge in [-0.05, 0) is 49.8 Å². The summed E-state index contributed by atoms with van der Waals surface area (Å²) in [6.07, 6.45) is 2.38. The number of hydrogen-bond acceptors (Lipinski definition) is 3. The molecule has 0 aliphatic heterocycles. The van der Waals surface area contributed by atoms with Crippen LogP contribution in [0.3, 0.4) is 0 Å². The highest BCUT2D eigenvalue weighted by Gasteiger charge is 2.42. The van der Waals surface area contributed by atoms with Crippen LogP contribution >= 0.6 is 0 Å². The Labute approximate surface area is 141 Å². The second-order valence-electron chi connectivity index (χ2n) is 6.80. The van der Waals surface area contributed by atoms with Crippen LogP contribution in [-0.2, 0) is 4.79 Å². The summed E-state index contributed by atoms with van der Waals surface area (Å²) in [6.45, 7) is 2.09. The summed E-state index contributed by atoms with van der Waals surface area (Å²) in [4.78, 5) is 37.7. The van der Waals surface area contributed by atoms with Crippen molar-refractivity contribution in [2.75, 3.05) is 14.1 Å². The Kier molecular flexibility index (Phi) is 5.26. The Morgan fingerprint density at radius 1 is 1.17 bits per heavy atom. The number of carbonyl (C=O) groups is 3. The van der Waals surface area contributed by atoms with Crippen LogP contribution in [0, 0.1) is 5.92 Å². The zero-order valence-corrected chi connectivity index (χ0v) is 14.3. The SMILES string of the molecule is CC1CCC(NC(=O)c2cccc(C(=O)N(C)C)c2)(C(=O)O)CC1. The molecule has 0 aromatic heterocycles. The van der Waals surface area contributed by atoms with Crippen LogP contribution < -0.4 is 5.32 Å².